The summed E-state index contributed by atoms with van der Waals surface area (Å²) in [5, 5.41) is 7.34. The Kier molecular flexibility index (Phi) is 5.74. The molecule has 2 aliphatic heterocycles. The molecule has 2 aliphatic rings. The number of carbonyl (C=O) groups is 1. The van der Waals surface area contributed by atoms with E-state index in [0.717, 1.165) is 29.2 Å². The number of carbonyl (C=O) groups excluding carboxylic acids is 1. The summed E-state index contributed by atoms with van der Waals surface area (Å²) in [6.45, 7) is 6.29. The van der Waals surface area contributed by atoms with Crippen LogP contribution < -0.4 is 20.5 Å². The van der Waals surface area contributed by atoms with Gasteiger partial charge in [-0.05, 0) is 25.0 Å². The van der Waals surface area contributed by atoms with E-state index in [1.807, 2.05) is 31.2 Å². The first-order valence-corrected chi connectivity index (χ1v) is 10.2. The summed E-state index contributed by atoms with van der Waals surface area (Å²) in [5.74, 6) is 2.25. The van der Waals surface area contributed by atoms with Crippen molar-refractivity contribution in [3.05, 3.63) is 53.6 Å². The number of aromatic nitrogens is 2. The van der Waals surface area contributed by atoms with Crippen molar-refractivity contribution in [1.29, 1.82) is 0 Å². The molecule has 0 aliphatic carbocycles. The molecule has 2 unspecified atom stereocenters. The maximum absolute atomic E-state index is 12.6. The number of amides is 1. The monoisotopic (exact) mass is 409 g/mol. The van der Waals surface area contributed by atoms with E-state index in [1.54, 1.807) is 17.1 Å². The van der Waals surface area contributed by atoms with Gasteiger partial charge in [-0.1, -0.05) is 19.1 Å². The molecule has 0 fully saturated rings. The van der Waals surface area contributed by atoms with Gasteiger partial charge in [0.2, 0.25) is 0 Å². The van der Waals surface area contributed by atoms with Crippen LogP contribution in [-0.2, 0) is 6.54 Å². The third-order valence-electron chi connectivity index (χ3n) is 5.47. The van der Waals surface area contributed by atoms with E-state index >= 15 is 0 Å². The highest BCUT2D eigenvalue weighted by molar-refractivity contribution is 5.94. The average Bonchev–Trinajstić information content (AvgIpc) is 3.03. The van der Waals surface area contributed by atoms with Crippen LogP contribution in [0.15, 0.2) is 47.5 Å². The maximum Gasteiger partial charge on any atom is 0.254 e. The Bertz CT molecular complexity index is 994. The van der Waals surface area contributed by atoms with Crippen molar-refractivity contribution in [1.82, 2.24) is 15.1 Å². The van der Waals surface area contributed by atoms with Gasteiger partial charge in [-0.15, -0.1) is 0 Å². The number of fused-ring (bicyclic) bond motifs is 1. The second-order valence-electron chi connectivity index (χ2n) is 7.74. The van der Waals surface area contributed by atoms with Crippen LogP contribution in [0.1, 0.15) is 36.2 Å². The first kappa shape index (κ1) is 20.0. The molecule has 0 radical (unpaired) electrons. The van der Waals surface area contributed by atoms with Crippen LogP contribution in [-0.4, -0.2) is 41.2 Å². The third kappa shape index (κ3) is 4.32. The van der Waals surface area contributed by atoms with E-state index in [4.69, 9.17) is 15.2 Å². The molecule has 1 aromatic heterocycles. The Morgan fingerprint density at radius 1 is 1.33 bits per heavy atom. The zero-order valence-electron chi connectivity index (χ0n) is 17.3. The largest absolute Gasteiger partial charge is 0.490 e. The van der Waals surface area contributed by atoms with E-state index in [0.29, 0.717) is 37.7 Å². The summed E-state index contributed by atoms with van der Waals surface area (Å²) < 4.78 is 13.3. The van der Waals surface area contributed by atoms with Crippen LogP contribution in [0.5, 0.6) is 11.5 Å². The summed E-state index contributed by atoms with van der Waals surface area (Å²) in [7, 11) is 0. The number of para-hydroxylation sites is 1. The summed E-state index contributed by atoms with van der Waals surface area (Å²) in [4.78, 5) is 16.9. The smallest absolute Gasteiger partial charge is 0.254 e. The molecule has 0 saturated heterocycles. The molecule has 30 heavy (non-hydrogen) atoms. The fraction of sp³-hybridized carbons (Fsp3) is 0.409. The van der Waals surface area contributed by atoms with E-state index in [1.165, 1.54) is 0 Å². The minimum absolute atomic E-state index is 0.133. The third-order valence-corrected chi connectivity index (χ3v) is 5.47. The maximum atomic E-state index is 12.6. The van der Waals surface area contributed by atoms with Gasteiger partial charge in [0.05, 0.1) is 31.5 Å². The summed E-state index contributed by atoms with van der Waals surface area (Å²) >= 11 is 0. The lowest BCUT2D eigenvalue weighted by atomic mass is 9.88. The Morgan fingerprint density at radius 3 is 3.00 bits per heavy atom. The molecule has 3 heterocycles. The molecule has 1 aromatic carbocycles. The molecule has 4 rings (SSSR count). The molecule has 158 valence electrons. The number of nitrogens with two attached hydrogens (primary N) is 1. The van der Waals surface area contributed by atoms with Crippen molar-refractivity contribution < 1.29 is 14.3 Å². The highest BCUT2D eigenvalue weighted by Gasteiger charge is 2.24. The number of rotatable bonds is 5. The highest BCUT2D eigenvalue weighted by Crippen LogP contribution is 2.33. The van der Waals surface area contributed by atoms with Crippen molar-refractivity contribution in [2.75, 3.05) is 19.8 Å². The first-order chi connectivity index (χ1) is 14.5. The number of nitrogens with one attached hydrogen (secondary N) is 1. The van der Waals surface area contributed by atoms with Crippen molar-refractivity contribution in [2.45, 2.75) is 26.8 Å². The van der Waals surface area contributed by atoms with Crippen molar-refractivity contribution >= 4 is 11.6 Å². The van der Waals surface area contributed by atoms with E-state index in [2.05, 4.69) is 22.3 Å². The van der Waals surface area contributed by atoms with Gasteiger partial charge < -0.3 is 20.5 Å². The number of aliphatic imine (C=N–C) groups is 1. The summed E-state index contributed by atoms with van der Waals surface area (Å²) in [6.07, 6.45) is 6.11. The zero-order valence-corrected chi connectivity index (χ0v) is 17.3. The molecular weight excluding hydrogens is 382 g/mol. The van der Waals surface area contributed by atoms with Crippen LogP contribution in [0.25, 0.3) is 0 Å². The summed E-state index contributed by atoms with van der Waals surface area (Å²) in [5.41, 5.74) is 8.22. The molecule has 0 bridgehead atoms. The standard InChI is InChI=1S/C22H27N5O3/c1-14-9-20(23)26-15(2)18(14)11-24-22(28)17-10-25-27(13-17)12-16-5-3-6-19-21(16)30-8-4-7-29-19/h3,5-6,9-10,13-14,18H,4,7-8,11-12,23H2,1-2H3,(H,24,28). The van der Waals surface area contributed by atoms with Crippen LogP contribution in [0.3, 0.4) is 0 Å². The average molecular weight is 409 g/mol. The molecule has 1 amide bonds. The number of hydrogen-bond acceptors (Lipinski definition) is 6. The normalized spacial score (nSPS) is 20.7. The van der Waals surface area contributed by atoms with Gasteiger partial charge in [-0.2, -0.15) is 5.10 Å². The van der Waals surface area contributed by atoms with Gasteiger partial charge in [0.25, 0.3) is 5.91 Å². The van der Waals surface area contributed by atoms with Gasteiger partial charge in [0.15, 0.2) is 11.5 Å². The lowest BCUT2D eigenvalue weighted by Crippen LogP contribution is -2.36. The van der Waals surface area contributed by atoms with Crippen molar-refractivity contribution in [3.8, 4) is 11.5 Å². The quantitative estimate of drug-likeness (QED) is 0.789. The van der Waals surface area contributed by atoms with Gasteiger partial charge in [0.1, 0.15) is 5.82 Å². The van der Waals surface area contributed by atoms with E-state index < -0.39 is 0 Å². The summed E-state index contributed by atoms with van der Waals surface area (Å²) in [6, 6.07) is 5.84. The van der Waals surface area contributed by atoms with Gasteiger partial charge in [0, 0.05) is 36.4 Å². The minimum atomic E-state index is -0.157. The minimum Gasteiger partial charge on any atom is -0.490 e. The lowest BCUT2D eigenvalue weighted by molar-refractivity contribution is 0.0949. The van der Waals surface area contributed by atoms with Gasteiger partial charge in [-0.25, -0.2) is 4.99 Å². The topological polar surface area (TPSA) is 104 Å². The lowest BCUT2D eigenvalue weighted by Gasteiger charge is -2.25. The Labute approximate surface area is 175 Å². The van der Waals surface area contributed by atoms with Crippen LogP contribution in [0, 0.1) is 11.8 Å². The predicted molar refractivity (Wildman–Crippen MR) is 114 cm³/mol. The SMILES string of the molecule is CC1=NC(N)=CC(C)C1CNC(=O)c1cnn(Cc2cccc3c2OCCCO3)c1. The molecule has 2 atom stereocenters. The number of benzene rings is 1. The number of ether oxygens (including phenoxy) is 2. The highest BCUT2D eigenvalue weighted by atomic mass is 16.5. The van der Waals surface area contributed by atoms with Crippen molar-refractivity contribution in [3.63, 3.8) is 0 Å². The van der Waals surface area contributed by atoms with Gasteiger partial charge in [-0.3, -0.25) is 9.48 Å². The Morgan fingerprint density at radius 2 is 2.17 bits per heavy atom. The second kappa shape index (κ2) is 8.61. The van der Waals surface area contributed by atoms with E-state index in [9.17, 15) is 4.79 Å². The molecule has 0 saturated carbocycles. The Balaban J connectivity index is 1.40. The van der Waals surface area contributed by atoms with Crippen molar-refractivity contribution in [2.24, 2.45) is 22.6 Å². The molecule has 3 N–H and O–H groups in total. The molecule has 2 aromatic rings. The number of hydrogen-bond donors (Lipinski definition) is 2. The van der Waals surface area contributed by atoms with Gasteiger partial charge >= 0.3 is 0 Å². The number of nitrogens with zero attached hydrogens (tertiary/aromatic N) is 3. The molecule has 8 heteroatoms. The van der Waals surface area contributed by atoms with Crippen LogP contribution in [0.4, 0.5) is 0 Å². The zero-order chi connectivity index (χ0) is 21.1. The van der Waals surface area contributed by atoms with E-state index in [-0.39, 0.29) is 17.7 Å². The Hall–Kier alpha value is -3.29. The number of allylic oxidation sites excluding steroid dienone is 1. The fourth-order valence-corrected chi connectivity index (χ4v) is 3.85. The molecule has 0 spiro atoms. The fourth-order valence-electron chi connectivity index (χ4n) is 3.85. The molecule has 8 nitrogen and oxygen atoms in total. The molecular formula is C22H27N5O3. The second-order valence-corrected chi connectivity index (χ2v) is 7.74. The predicted octanol–water partition coefficient (Wildman–Crippen LogP) is 2.35. The van der Waals surface area contributed by atoms with Crippen LogP contribution >= 0.6 is 0 Å². The van der Waals surface area contributed by atoms with Crippen LogP contribution in [0.2, 0.25) is 0 Å². The first-order valence-electron chi connectivity index (χ1n) is 10.2.